The Labute approximate surface area is 89.0 Å². The van der Waals surface area contributed by atoms with Crippen LogP contribution < -0.4 is 21.9 Å². The van der Waals surface area contributed by atoms with Crippen molar-refractivity contribution in [2.45, 2.75) is 6.42 Å². The summed E-state index contributed by atoms with van der Waals surface area (Å²) in [5.41, 5.74) is 14.8. The summed E-state index contributed by atoms with van der Waals surface area (Å²) in [5, 5.41) is 0. The van der Waals surface area contributed by atoms with Crippen LogP contribution in [0.1, 0.15) is 6.42 Å². The van der Waals surface area contributed by atoms with Gasteiger partial charge in [0.05, 0.1) is 0 Å². The van der Waals surface area contributed by atoms with Gasteiger partial charge >= 0.3 is 0 Å². The van der Waals surface area contributed by atoms with Crippen molar-refractivity contribution in [3.63, 3.8) is 0 Å². The van der Waals surface area contributed by atoms with E-state index in [1.807, 2.05) is 4.72 Å². The van der Waals surface area contributed by atoms with Crippen molar-refractivity contribution >= 4 is 23.1 Å². The largest absolute Gasteiger partial charge is 0.755 e. The molecule has 8 nitrogen and oxygen atoms in total. The Bertz CT molecular complexity index is 310. The summed E-state index contributed by atoms with van der Waals surface area (Å²) < 4.78 is 22.3. The lowest BCUT2D eigenvalue weighted by Crippen LogP contribution is -2.27. The van der Waals surface area contributed by atoms with Crippen molar-refractivity contribution in [1.82, 2.24) is 4.72 Å². The second-order valence-corrected chi connectivity index (χ2v) is 3.09. The SMILES string of the molecule is NC(=O)C(=CCCN=C(N)N)NS(=O)[O-]. The van der Waals surface area contributed by atoms with Crippen LogP contribution in [0.4, 0.5) is 0 Å². The predicted octanol–water partition coefficient (Wildman–Crippen LogP) is -2.60. The number of amides is 1. The quantitative estimate of drug-likeness (QED) is 0.130. The molecule has 0 saturated heterocycles. The molecular weight excluding hydrogens is 222 g/mol. The molecule has 1 unspecified atom stereocenters. The smallest absolute Gasteiger partial charge is 0.265 e. The molecule has 0 radical (unpaired) electrons. The summed E-state index contributed by atoms with van der Waals surface area (Å²) in [7, 11) is 0. The van der Waals surface area contributed by atoms with Gasteiger partial charge in [-0.2, -0.15) is 0 Å². The lowest BCUT2D eigenvalue weighted by molar-refractivity contribution is -0.114. The van der Waals surface area contributed by atoms with Crippen LogP contribution in [0.2, 0.25) is 0 Å². The Morgan fingerprint density at radius 3 is 2.47 bits per heavy atom. The van der Waals surface area contributed by atoms with E-state index in [2.05, 4.69) is 4.99 Å². The van der Waals surface area contributed by atoms with E-state index in [1.54, 1.807) is 0 Å². The number of primary amides is 1. The van der Waals surface area contributed by atoms with Gasteiger partial charge in [-0.25, -0.2) is 0 Å². The Balaban J connectivity index is 4.24. The molecule has 1 atom stereocenters. The van der Waals surface area contributed by atoms with Crippen molar-refractivity contribution in [3.05, 3.63) is 11.8 Å². The molecule has 9 heteroatoms. The maximum absolute atomic E-state index is 10.7. The normalized spacial score (nSPS) is 13.0. The van der Waals surface area contributed by atoms with Gasteiger partial charge in [0.1, 0.15) is 5.70 Å². The molecule has 0 heterocycles. The van der Waals surface area contributed by atoms with Gasteiger partial charge in [-0.1, -0.05) is 6.08 Å². The predicted molar refractivity (Wildman–Crippen MR) is 54.6 cm³/mol. The van der Waals surface area contributed by atoms with Gasteiger partial charge in [0.25, 0.3) is 5.91 Å². The molecule has 0 aliphatic heterocycles. The highest BCUT2D eigenvalue weighted by Crippen LogP contribution is 1.93. The minimum absolute atomic E-state index is 0.0793. The molecule has 0 aromatic carbocycles. The number of guanidine groups is 1. The van der Waals surface area contributed by atoms with Crippen LogP contribution in [-0.4, -0.2) is 27.2 Å². The van der Waals surface area contributed by atoms with E-state index in [0.717, 1.165) is 0 Å². The Hall–Kier alpha value is -1.61. The zero-order chi connectivity index (χ0) is 11.8. The van der Waals surface area contributed by atoms with E-state index in [4.69, 9.17) is 17.2 Å². The molecule has 0 fully saturated rings. The maximum Gasteiger partial charge on any atom is 0.265 e. The first kappa shape index (κ1) is 13.4. The van der Waals surface area contributed by atoms with Gasteiger partial charge in [-0.05, 0) is 6.42 Å². The van der Waals surface area contributed by atoms with E-state index in [9.17, 15) is 13.6 Å². The molecule has 0 saturated carbocycles. The van der Waals surface area contributed by atoms with Crippen LogP contribution in [-0.2, 0) is 16.1 Å². The summed E-state index contributed by atoms with van der Waals surface area (Å²) in [4.78, 5) is 14.3. The zero-order valence-electron chi connectivity index (χ0n) is 7.80. The number of nitrogens with zero attached hydrogens (tertiary/aromatic N) is 1. The number of hydrogen-bond donors (Lipinski definition) is 4. The van der Waals surface area contributed by atoms with Gasteiger partial charge in [-0.3, -0.25) is 14.0 Å². The molecule has 0 spiro atoms. The molecule has 0 aliphatic carbocycles. The summed E-state index contributed by atoms with van der Waals surface area (Å²) in [5.74, 6) is -0.951. The molecule has 0 rings (SSSR count). The van der Waals surface area contributed by atoms with Crippen molar-refractivity contribution in [2.75, 3.05) is 6.54 Å². The van der Waals surface area contributed by atoms with Crippen LogP contribution in [0.5, 0.6) is 0 Å². The van der Waals surface area contributed by atoms with Gasteiger partial charge in [-0.15, -0.1) is 0 Å². The third-order valence-corrected chi connectivity index (χ3v) is 1.62. The average molecular weight is 234 g/mol. The number of carbonyl (C=O) groups excluding carboxylic acids is 1. The Morgan fingerprint density at radius 2 is 2.07 bits per heavy atom. The highest BCUT2D eigenvalue weighted by Gasteiger charge is 2.02. The summed E-state index contributed by atoms with van der Waals surface area (Å²) in [6, 6.07) is 0. The van der Waals surface area contributed by atoms with Gasteiger partial charge in [0.2, 0.25) is 0 Å². The minimum atomic E-state index is -2.58. The van der Waals surface area contributed by atoms with E-state index in [0.29, 0.717) is 6.42 Å². The maximum atomic E-state index is 10.7. The molecule has 0 bridgehead atoms. The molecule has 0 aromatic rings. The third-order valence-electron chi connectivity index (χ3n) is 1.23. The van der Waals surface area contributed by atoms with E-state index >= 15 is 0 Å². The van der Waals surface area contributed by atoms with Crippen LogP contribution in [0.3, 0.4) is 0 Å². The van der Waals surface area contributed by atoms with Crippen LogP contribution in [0.25, 0.3) is 0 Å². The Kier molecular flexibility index (Phi) is 6.06. The first-order chi connectivity index (χ1) is 6.93. The summed E-state index contributed by atoms with van der Waals surface area (Å²) in [6.07, 6.45) is 1.59. The van der Waals surface area contributed by atoms with Gasteiger partial charge in [0, 0.05) is 17.8 Å². The van der Waals surface area contributed by atoms with Gasteiger partial charge < -0.3 is 26.5 Å². The van der Waals surface area contributed by atoms with Crippen LogP contribution >= 0.6 is 0 Å². The number of aliphatic imine (C=N–C) groups is 1. The van der Waals surface area contributed by atoms with Crippen molar-refractivity contribution in [1.29, 1.82) is 0 Å². The summed E-state index contributed by atoms with van der Waals surface area (Å²) >= 11 is -2.58. The zero-order valence-corrected chi connectivity index (χ0v) is 8.62. The first-order valence-corrected chi connectivity index (χ1v) is 4.92. The first-order valence-electron chi connectivity index (χ1n) is 3.84. The second kappa shape index (κ2) is 6.79. The lowest BCUT2D eigenvalue weighted by atomic mass is 10.3. The third kappa shape index (κ3) is 7.46. The fraction of sp³-hybridized carbons (Fsp3) is 0.333. The number of carbonyl (C=O) groups is 1. The summed E-state index contributed by atoms with van der Waals surface area (Å²) in [6.45, 7) is 0.242. The topological polar surface area (TPSA) is 160 Å². The van der Waals surface area contributed by atoms with Crippen molar-refractivity contribution < 1.29 is 13.6 Å². The number of hydrogen-bond acceptors (Lipinski definition) is 4. The lowest BCUT2D eigenvalue weighted by Gasteiger charge is -2.09. The highest BCUT2D eigenvalue weighted by atomic mass is 32.2. The molecular formula is C6H12N5O3S-. The molecule has 0 aromatic heterocycles. The van der Waals surface area contributed by atoms with Crippen LogP contribution in [0.15, 0.2) is 16.8 Å². The monoisotopic (exact) mass is 234 g/mol. The van der Waals surface area contributed by atoms with Gasteiger partial charge in [0.15, 0.2) is 5.96 Å². The number of rotatable bonds is 6. The van der Waals surface area contributed by atoms with Crippen molar-refractivity contribution in [2.24, 2.45) is 22.2 Å². The standard InChI is InChI=1S/C6H13N5O3S/c7-5(12)4(11-15(13)14)2-1-3-10-6(8)9/h2,11H,1,3H2,(H2,7,12)(H,13,14)(H4,8,9,10)/p-1. The van der Waals surface area contributed by atoms with Crippen LogP contribution in [0, 0.1) is 0 Å². The highest BCUT2D eigenvalue weighted by molar-refractivity contribution is 7.77. The fourth-order valence-corrected chi connectivity index (χ4v) is 1.05. The molecule has 86 valence electrons. The molecule has 15 heavy (non-hydrogen) atoms. The van der Waals surface area contributed by atoms with E-state index in [1.165, 1.54) is 6.08 Å². The Morgan fingerprint density at radius 1 is 1.47 bits per heavy atom. The average Bonchev–Trinajstić information content (AvgIpc) is 2.08. The van der Waals surface area contributed by atoms with Crippen molar-refractivity contribution in [3.8, 4) is 0 Å². The minimum Gasteiger partial charge on any atom is -0.755 e. The number of nitrogens with one attached hydrogen (secondary N) is 1. The molecule has 0 aliphatic rings. The number of nitrogens with two attached hydrogens (primary N) is 3. The van der Waals surface area contributed by atoms with E-state index in [-0.39, 0.29) is 18.2 Å². The second-order valence-electron chi connectivity index (χ2n) is 2.41. The molecule has 7 N–H and O–H groups in total. The molecule has 1 amide bonds. The fourth-order valence-electron chi connectivity index (χ4n) is 0.685. The van der Waals surface area contributed by atoms with E-state index < -0.39 is 17.2 Å².